The van der Waals surface area contributed by atoms with E-state index in [-0.39, 0.29) is 22.0 Å². The maximum atomic E-state index is 14.1. The molecule has 1 aliphatic heterocycles. The van der Waals surface area contributed by atoms with Gasteiger partial charge in [0, 0.05) is 28.2 Å². The van der Waals surface area contributed by atoms with Gasteiger partial charge in [0.1, 0.15) is 11.6 Å². The third-order valence-electron chi connectivity index (χ3n) is 4.93. The van der Waals surface area contributed by atoms with Gasteiger partial charge in [-0.05, 0) is 72.8 Å². The highest BCUT2D eigenvalue weighted by atomic mass is 35.5. The zero-order chi connectivity index (χ0) is 22.1. The fourth-order valence-corrected chi connectivity index (χ4v) is 4.39. The van der Waals surface area contributed by atoms with Crippen LogP contribution in [0.25, 0.3) is 11.8 Å². The number of nitrogens with zero attached hydrogens (tertiary/aromatic N) is 2. The normalized spacial score (nSPS) is 15.2. The largest absolute Gasteiger partial charge is 0.497 e. The molecule has 0 spiro atoms. The molecule has 3 aromatic rings. The van der Waals surface area contributed by atoms with Crippen LogP contribution in [0.2, 0.25) is 5.02 Å². The molecule has 1 aliphatic rings. The maximum Gasteiger partial charge on any atom is 0.293 e. The highest BCUT2D eigenvalue weighted by Gasteiger charge is 2.36. The first-order chi connectivity index (χ1) is 14.9. The summed E-state index contributed by atoms with van der Waals surface area (Å²) >= 11 is 6.88. The molecule has 5 nitrogen and oxygen atoms in total. The number of benzene rings is 2. The molecule has 0 aliphatic carbocycles. The second-order valence-electron chi connectivity index (χ2n) is 6.95. The lowest BCUT2D eigenvalue weighted by molar-refractivity contribution is -0.123. The molecule has 0 radical (unpaired) electrons. The van der Waals surface area contributed by atoms with Crippen LogP contribution in [0.15, 0.2) is 59.6 Å². The number of ether oxygens (including phenoxy) is 1. The van der Waals surface area contributed by atoms with Gasteiger partial charge in [0.05, 0.1) is 18.6 Å². The fourth-order valence-electron chi connectivity index (χ4n) is 3.33. The van der Waals surface area contributed by atoms with Crippen molar-refractivity contribution in [3.63, 3.8) is 0 Å². The van der Waals surface area contributed by atoms with Crippen molar-refractivity contribution in [3.8, 4) is 11.4 Å². The van der Waals surface area contributed by atoms with Crippen LogP contribution in [0.1, 0.15) is 16.8 Å². The van der Waals surface area contributed by atoms with Gasteiger partial charge in [-0.25, -0.2) is 4.39 Å². The molecular weight excluding hydrogens is 439 g/mol. The van der Waals surface area contributed by atoms with Crippen LogP contribution in [0.4, 0.5) is 9.18 Å². The number of amides is 2. The molecule has 2 aromatic carbocycles. The second kappa shape index (κ2) is 8.61. The summed E-state index contributed by atoms with van der Waals surface area (Å²) in [6, 6.07) is 13.8. The van der Waals surface area contributed by atoms with Crippen LogP contribution in [0, 0.1) is 12.7 Å². The molecule has 31 heavy (non-hydrogen) atoms. The van der Waals surface area contributed by atoms with Gasteiger partial charge in [0.25, 0.3) is 11.1 Å². The van der Waals surface area contributed by atoms with Crippen LogP contribution in [-0.2, 0) is 11.3 Å². The number of rotatable bonds is 5. The molecule has 158 valence electrons. The molecule has 4 rings (SSSR count). The number of aromatic nitrogens is 1. The van der Waals surface area contributed by atoms with Gasteiger partial charge >= 0.3 is 0 Å². The molecule has 8 heteroatoms. The summed E-state index contributed by atoms with van der Waals surface area (Å²) in [4.78, 5) is 26.5. The van der Waals surface area contributed by atoms with E-state index in [1.165, 1.54) is 18.2 Å². The summed E-state index contributed by atoms with van der Waals surface area (Å²) in [5.41, 5.74) is 2.81. The summed E-state index contributed by atoms with van der Waals surface area (Å²) in [5, 5.41) is -0.280. The number of carbonyl (C=O) groups excluding carboxylic acids is 2. The van der Waals surface area contributed by atoms with E-state index in [4.69, 9.17) is 16.3 Å². The Morgan fingerprint density at radius 2 is 1.90 bits per heavy atom. The fraction of sp³-hybridized carbons (Fsp3) is 0.130. The predicted molar refractivity (Wildman–Crippen MR) is 120 cm³/mol. The lowest BCUT2D eigenvalue weighted by atomic mass is 10.2. The summed E-state index contributed by atoms with van der Waals surface area (Å²) in [7, 11) is 1.61. The highest BCUT2D eigenvalue weighted by Crippen LogP contribution is 2.35. The Balaban J connectivity index is 1.58. The van der Waals surface area contributed by atoms with Crippen LogP contribution >= 0.6 is 23.4 Å². The molecule has 0 atom stereocenters. The van der Waals surface area contributed by atoms with Gasteiger partial charge in [-0.1, -0.05) is 17.7 Å². The first-order valence-electron chi connectivity index (χ1n) is 9.39. The zero-order valence-electron chi connectivity index (χ0n) is 16.8. The van der Waals surface area contributed by atoms with Crippen molar-refractivity contribution >= 4 is 40.6 Å². The van der Waals surface area contributed by atoms with E-state index in [2.05, 4.69) is 0 Å². The molecule has 0 saturated carbocycles. The Morgan fingerprint density at radius 1 is 1.16 bits per heavy atom. The molecule has 2 amide bonds. The van der Waals surface area contributed by atoms with Gasteiger partial charge < -0.3 is 9.30 Å². The number of hydrogen-bond acceptors (Lipinski definition) is 4. The Labute approximate surface area is 188 Å². The Kier molecular flexibility index (Phi) is 5.89. The molecule has 1 fully saturated rings. The van der Waals surface area contributed by atoms with Crippen LogP contribution in [0.3, 0.4) is 0 Å². The van der Waals surface area contributed by atoms with E-state index in [9.17, 15) is 14.0 Å². The van der Waals surface area contributed by atoms with Crippen LogP contribution < -0.4 is 4.74 Å². The minimum Gasteiger partial charge on any atom is -0.497 e. The first kappa shape index (κ1) is 21.2. The van der Waals surface area contributed by atoms with Crippen molar-refractivity contribution in [2.75, 3.05) is 7.11 Å². The topological polar surface area (TPSA) is 51.5 Å². The van der Waals surface area contributed by atoms with Gasteiger partial charge in [0.15, 0.2) is 0 Å². The number of halogens is 2. The minimum absolute atomic E-state index is 0.120. The van der Waals surface area contributed by atoms with Crippen molar-refractivity contribution in [2.45, 2.75) is 13.5 Å². The lowest BCUT2D eigenvalue weighted by Crippen LogP contribution is -2.28. The average molecular weight is 457 g/mol. The van der Waals surface area contributed by atoms with Crippen molar-refractivity contribution in [1.29, 1.82) is 0 Å². The van der Waals surface area contributed by atoms with E-state index in [1.54, 1.807) is 13.2 Å². The van der Waals surface area contributed by atoms with Crippen molar-refractivity contribution < 1.29 is 18.7 Å². The van der Waals surface area contributed by atoms with E-state index >= 15 is 0 Å². The summed E-state index contributed by atoms with van der Waals surface area (Å²) in [6.07, 6.45) is 3.56. The van der Waals surface area contributed by atoms with E-state index in [1.807, 2.05) is 48.0 Å². The van der Waals surface area contributed by atoms with Gasteiger partial charge in [-0.3, -0.25) is 14.5 Å². The molecule has 0 unspecified atom stereocenters. The summed E-state index contributed by atoms with van der Waals surface area (Å²) < 4.78 is 21.3. The van der Waals surface area contributed by atoms with Crippen molar-refractivity contribution in [1.82, 2.24) is 9.47 Å². The van der Waals surface area contributed by atoms with Crippen molar-refractivity contribution in [3.05, 3.63) is 87.3 Å². The number of methoxy groups -OCH3 is 1. The summed E-state index contributed by atoms with van der Waals surface area (Å²) in [5.74, 6) is -0.260. The highest BCUT2D eigenvalue weighted by molar-refractivity contribution is 8.18. The molecule has 1 aromatic heterocycles. The zero-order valence-corrected chi connectivity index (χ0v) is 18.3. The molecule has 2 heterocycles. The predicted octanol–water partition coefficient (Wildman–Crippen LogP) is 5.82. The molecular formula is C23H18ClFN2O3S. The Hall–Kier alpha value is -3.03. The standard InChI is InChI=1S/C23H18ClFN2O3S/c1-14-10-15(12-26(14)16-6-8-17(30-2)9-7-16)11-21-22(28)27(23(29)31-21)13-18-19(24)4-3-5-20(18)25/h3-12H,13H2,1-2H3/b21-11+. The first-order valence-corrected chi connectivity index (χ1v) is 10.6. The third kappa shape index (κ3) is 4.24. The number of thioether (sulfide) groups is 1. The van der Waals surface area contributed by atoms with E-state index < -0.39 is 17.0 Å². The quantitative estimate of drug-likeness (QED) is 0.454. The monoisotopic (exact) mass is 456 g/mol. The third-order valence-corrected chi connectivity index (χ3v) is 6.20. The number of imide groups is 1. The molecule has 0 bridgehead atoms. The number of aryl methyl sites for hydroxylation is 1. The second-order valence-corrected chi connectivity index (χ2v) is 8.35. The van der Waals surface area contributed by atoms with Crippen molar-refractivity contribution in [2.24, 2.45) is 0 Å². The minimum atomic E-state index is -0.553. The molecule has 0 N–H and O–H groups in total. The molecule has 1 saturated heterocycles. The smallest absolute Gasteiger partial charge is 0.293 e. The van der Waals surface area contributed by atoms with Gasteiger partial charge in [0.2, 0.25) is 0 Å². The van der Waals surface area contributed by atoms with Gasteiger partial charge in [-0.2, -0.15) is 0 Å². The maximum absolute atomic E-state index is 14.1. The Morgan fingerprint density at radius 3 is 2.58 bits per heavy atom. The van der Waals surface area contributed by atoms with Gasteiger partial charge in [-0.15, -0.1) is 0 Å². The van der Waals surface area contributed by atoms with Crippen LogP contribution in [-0.4, -0.2) is 27.7 Å². The van der Waals surface area contributed by atoms with E-state index in [0.29, 0.717) is 0 Å². The number of carbonyl (C=O) groups is 2. The summed E-state index contributed by atoms with van der Waals surface area (Å²) in [6.45, 7) is 1.74. The van der Waals surface area contributed by atoms with E-state index in [0.717, 1.165) is 39.4 Å². The average Bonchev–Trinajstić information content (AvgIpc) is 3.24. The number of hydrogen-bond donors (Lipinski definition) is 0. The van der Waals surface area contributed by atoms with Crippen LogP contribution in [0.5, 0.6) is 5.75 Å². The Bertz CT molecular complexity index is 1180. The SMILES string of the molecule is COc1ccc(-n2cc(/C=C3/SC(=O)N(Cc4c(F)cccc4Cl)C3=O)cc2C)cc1. The lowest BCUT2D eigenvalue weighted by Gasteiger charge is -2.14.